The maximum absolute atomic E-state index is 3.90. The van der Waals surface area contributed by atoms with Gasteiger partial charge < -0.3 is 19.7 Å². The zero-order valence-corrected chi connectivity index (χ0v) is 29.2. The maximum atomic E-state index is 3.90. The number of rotatable bonds is 7. The number of fused-ring (bicyclic) bond motifs is 5. The van der Waals surface area contributed by atoms with Gasteiger partial charge in [-0.2, -0.15) is 0 Å². The third-order valence-corrected chi connectivity index (χ3v) is 10.5. The lowest BCUT2D eigenvalue weighted by atomic mass is 9.93. The number of nitrogens with one attached hydrogen (secondary N) is 1. The predicted octanol–water partition coefficient (Wildman–Crippen LogP) is 13.9. The van der Waals surface area contributed by atoms with Crippen molar-refractivity contribution < 1.29 is 0 Å². The van der Waals surface area contributed by atoms with Crippen LogP contribution in [-0.4, -0.2) is 4.98 Å². The molecule has 0 saturated heterocycles. The van der Waals surface area contributed by atoms with Crippen molar-refractivity contribution >= 4 is 73.0 Å². The fraction of sp³-hybridized carbons (Fsp3) is 0.106. The maximum Gasteiger partial charge on any atom is 0.0724 e. The Kier molecular flexibility index (Phi) is 7.58. The van der Waals surface area contributed by atoms with Gasteiger partial charge in [0.1, 0.15) is 0 Å². The fourth-order valence-electron chi connectivity index (χ4n) is 7.76. The van der Waals surface area contributed by atoms with Gasteiger partial charge in [0.25, 0.3) is 0 Å². The number of anilines is 9. The quantitative estimate of drug-likeness (QED) is 0.184. The first kappa shape index (κ1) is 30.8. The van der Waals surface area contributed by atoms with Gasteiger partial charge in [-0.05, 0) is 109 Å². The Hall–Kier alpha value is -6.26. The molecule has 7 aromatic carbocycles. The Morgan fingerprint density at radius 3 is 1.65 bits per heavy atom. The highest BCUT2D eigenvalue weighted by Crippen LogP contribution is 2.55. The van der Waals surface area contributed by atoms with Crippen LogP contribution in [0, 0.1) is 6.92 Å². The minimum absolute atomic E-state index is 0.350. The summed E-state index contributed by atoms with van der Waals surface area (Å²) in [7, 11) is 0. The molecule has 9 rings (SSSR count). The van der Waals surface area contributed by atoms with E-state index in [4.69, 9.17) is 0 Å². The van der Waals surface area contributed by atoms with Crippen LogP contribution in [-0.2, 0) is 0 Å². The van der Waals surface area contributed by atoms with Crippen molar-refractivity contribution in [1.29, 1.82) is 0 Å². The van der Waals surface area contributed by atoms with E-state index in [2.05, 4.69) is 204 Å². The summed E-state index contributed by atoms with van der Waals surface area (Å²) in [5.41, 5.74) is 15.2. The molecule has 0 aliphatic carbocycles. The molecule has 2 heterocycles. The highest BCUT2D eigenvalue weighted by Gasteiger charge is 2.31. The van der Waals surface area contributed by atoms with E-state index >= 15 is 0 Å². The van der Waals surface area contributed by atoms with Crippen LogP contribution in [0.25, 0.3) is 21.8 Å². The number of hydrogen-bond acceptors (Lipinski definition) is 3. The molecule has 4 nitrogen and oxygen atoms in total. The summed E-state index contributed by atoms with van der Waals surface area (Å²) in [6.45, 7) is 6.85. The molecule has 1 atom stereocenters. The third kappa shape index (κ3) is 5.14. The average molecular weight is 661 g/mol. The fourth-order valence-corrected chi connectivity index (χ4v) is 7.76. The molecule has 1 aromatic heterocycles. The van der Waals surface area contributed by atoms with E-state index < -0.39 is 0 Å². The van der Waals surface area contributed by atoms with E-state index in [1.54, 1.807) is 0 Å². The number of para-hydroxylation sites is 6. The molecular formula is C47H40N4. The van der Waals surface area contributed by atoms with Crippen molar-refractivity contribution in [2.75, 3.05) is 14.7 Å². The Labute approximate surface area is 299 Å². The van der Waals surface area contributed by atoms with E-state index in [9.17, 15) is 0 Å². The minimum atomic E-state index is 0.350. The summed E-state index contributed by atoms with van der Waals surface area (Å²) in [6.07, 6.45) is 1.04. The van der Waals surface area contributed by atoms with Crippen LogP contribution in [0.1, 0.15) is 37.3 Å². The molecule has 51 heavy (non-hydrogen) atoms. The Balaban J connectivity index is 1.33. The molecule has 8 aromatic rings. The van der Waals surface area contributed by atoms with E-state index in [0.29, 0.717) is 5.92 Å². The first-order valence-electron chi connectivity index (χ1n) is 17.9. The standard InChI is InChI=1S/C47H40N4/c1-4-32(2)37-28-38-39-29-46-47(51(36-23-12-7-13-24-36)44-27-17-16-26-43(44)50(46)35-21-10-6-11-22-35)31-41(39)48-40(38)30-45(37)49(34-19-8-5-9-20-34)42-25-15-14-18-33(42)3/h5-32,48H,4H2,1-3H3. The Morgan fingerprint density at radius 1 is 0.529 bits per heavy atom. The minimum Gasteiger partial charge on any atom is -0.354 e. The lowest BCUT2D eigenvalue weighted by molar-refractivity contribution is 0.734. The summed E-state index contributed by atoms with van der Waals surface area (Å²) in [5, 5.41) is 2.46. The lowest BCUT2D eigenvalue weighted by Crippen LogP contribution is -2.23. The number of benzene rings is 7. The van der Waals surface area contributed by atoms with Crippen LogP contribution in [0.4, 0.5) is 51.2 Å². The van der Waals surface area contributed by atoms with Gasteiger partial charge in [-0.25, -0.2) is 0 Å². The van der Waals surface area contributed by atoms with E-state index in [1.807, 2.05) is 0 Å². The van der Waals surface area contributed by atoms with Crippen molar-refractivity contribution in [3.63, 3.8) is 0 Å². The molecular weight excluding hydrogens is 621 g/mol. The van der Waals surface area contributed by atoms with Crippen LogP contribution in [0.5, 0.6) is 0 Å². The summed E-state index contributed by atoms with van der Waals surface area (Å²) >= 11 is 0. The van der Waals surface area contributed by atoms with E-state index in [-0.39, 0.29) is 0 Å². The van der Waals surface area contributed by atoms with Gasteiger partial charge in [0.05, 0.1) is 28.4 Å². The Bertz CT molecular complexity index is 2500. The molecule has 0 bridgehead atoms. The summed E-state index contributed by atoms with van der Waals surface area (Å²) in [4.78, 5) is 11.2. The summed E-state index contributed by atoms with van der Waals surface area (Å²) in [5.74, 6) is 0.350. The molecule has 1 N–H and O–H groups in total. The highest BCUT2D eigenvalue weighted by molar-refractivity contribution is 6.14. The number of nitrogens with zero attached hydrogens (tertiary/aromatic N) is 3. The third-order valence-electron chi connectivity index (χ3n) is 10.5. The van der Waals surface area contributed by atoms with Crippen molar-refractivity contribution in [1.82, 2.24) is 4.98 Å². The second-order valence-corrected chi connectivity index (χ2v) is 13.6. The normalized spacial score (nSPS) is 12.9. The lowest BCUT2D eigenvalue weighted by Gasteiger charge is -2.40. The van der Waals surface area contributed by atoms with Crippen molar-refractivity contribution in [2.24, 2.45) is 0 Å². The zero-order chi connectivity index (χ0) is 34.5. The van der Waals surface area contributed by atoms with Gasteiger partial charge in [-0.15, -0.1) is 0 Å². The van der Waals surface area contributed by atoms with Crippen molar-refractivity contribution in [2.45, 2.75) is 33.1 Å². The largest absolute Gasteiger partial charge is 0.354 e. The van der Waals surface area contributed by atoms with Gasteiger partial charge in [-0.3, -0.25) is 0 Å². The average Bonchev–Trinajstić information content (AvgIpc) is 3.53. The predicted molar refractivity (Wildman–Crippen MR) is 217 cm³/mol. The van der Waals surface area contributed by atoms with Gasteiger partial charge in [0.15, 0.2) is 0 Å². The molecule has 0 fully saturated rings. The molecule has 0 amide bonds. The molecule has 248 valence electrons. The zero-order valence-electron chi connectivity index (χ0n) is 29.2. The molecule has 1 unspecified atom stereocenters. The second-order valence-electron chi connectivity index (χ2n) is 13.6. The number of aryl methyl sites for hydroxylation is 1. The smallest absolute Gasteiger partial charge is 0.0724 e. The van der Waals surface area contributed by atoms with Crippen LogP contribution in [0.2, 0.25) is 0 Å². The topological polar surface area (TPSA) is 25.5 Å². The van der Waals surface area contributed by atoms with Crippen molar-refractivity contribution in [3.8, 4) is 0 Å². The molecule has 0 radical (unpaired) electrons. The number of hydrogen-bond donors (Lipinski definition) is 1. The summed E-state index contributed by atoms with van der Waals surface area (Å²) in [6, 6.07) is 59.3. The van der Waals surface area contributed by atoms with E-state index in [1.165, 1.54) is 33.3 Å². The molecule has 0 spiro atoms. The van der Waals surface area contributed by atoms with Crippen LogP contribution < -0.4 is 14.7 Å². The first-order valence-corrected chi connectivity index (χ1v) is 17.9. The summed E-state index contributed by atoms with van der Waals surface area (Å²) < 4.78 is 0. The SMILES string of the molecule is CCC(C)c1cc2c(cc1N(c1ccccc1)c1ccccc1C)[nH]c1cc3c(cc12)N(c1ccccc1)c1ccccc1N3c1ccccc1. The van der Waals surface area contributed by atoms with E-state index in [0.717, 1.165) is 57.3 Å². The molecule has 1 aliphatic heterocycles. The van der Waals surface area contributed by atoms with Crippen LogP contribution in [0.15, 0.2) is 164 Å². The number of H-pyrrole nitrogens is 1. The second kappa shape index (κ2) is 12.6. The van der Waals surface area contributed by atoms with Crippen molar-refractivity contribution in [3.05, 3.63) is 175 Å². The molecule has 4 heteroatoms. The molecule has 0 saturated carbocycles. The van der Waals surface area contributed by atoms with Gasteiger partial charge >= 0.3 is 0 Å². The number of aromatic nitrogens is 1. The monoisotopic (exact) mass is 660 g/mol. The first-order chi connectivity index (χ1) is 25.1. The van der Waals surface area contributed by atoms with Gasteiger partial charge in [0.2, 0.25) is 0 Å². The Morgan fingerprint density at radius 2 is 1.04 bits per heavy atom. The van der Waals surface area contributed by atoms with Crippen LogP contribution in [0.3, 0.4) is 0 Å². The highest BCUT2D eigenvalue weighted by atomic mass is 15.3. The van der Waals surface area contributed by atoms with Crippen LogP contribution >= 0.6 is 0 Å². The van der Waals surface area contributed by atoms with Gasteiger partial charge in [-0.1, -0.05) is 98.8 Å². The van der Waals surface area contributed by atoms with Gasteiger partial charge in [0, 0.05) is 44.6 Å². The number of aromatic amines is 1. The molecule has 1 aliphatic rings.